The van der Waals surface area contributed by atoms with Gasteiger partial charge in [-0.1, -0.05) is 38.1 Å². The lowest BCUT2D eigenvalue weighted by Gasteiger charge is -2.35. The molecule has 1 heterocycles. The number of rotatable bonds is 4. The van der Waals surface area contributed by atoms with Gasteiger partial charge in [-0.3, -0.25) is 4.79 Å². The van der Waals surface area contributed by atoms with Crippen LogP contribution in [0.3, 0.4) is 0 Å². The van der Waals surface area contributed by atoms with Gasteiger partial charge >= 0.3 is 5.97 Å². The average Bonchev–Trinajstić information content (AvgIpc) is 2.75. The number of hydrogen-bond acceptors (Lipinski definition) is 3. The van der Waals surface area contributed by atoms with Crippen LogP contribution >= 0.6 is 0 Å². The van der Waals surface area contributed by atoms with E-state index in [0.29, 0.717) is 24.0 Å². The summed E-state index contributed by atoms with van der Waals surface area (Å²) < 4.78 is 33.4. The fourth-order valence-corrected chi connectivity index (χ4v) is 4.77. The van der Waals surface area contributed by atoms with Crippen LogP contribution in [-0.2, 0) is 9.53 Å². The molecule has 0 bridgehead atoms. The number of esters is 1. The predicted molar refractivity (Wildman–Crippen MR) is 130 cm³/mol. The molecular weight excluding hydrogens is 434 g/mol. The van der Waals surface area contributed by atoms with Crippen LogP contribution in [0.1, 0.15) is 55.4 Å². The van der Waals surface area contributed by atoms with Crippen LogP contribution in [-0.4, -0.2) is 23.3 Å². The summed E-state index contributed by atoms with van der Waals surface area (Å²) in [7, 11) is 0. The minimum Gasteiger partial charge on any atom is -0.458 e. The van der Waals surface area contributed by atoms with Crippen molar-refractivity contribution in [3.05, 3.63) is 94.1 Å². The number of aliphatic hydroxyl groups is 1. The van der Waals surface area contributed by atoms with Gasteiger partial charge in [0.25, 0.3) is 0 Å². The van der Waals surface area contributed by atoms with E-state index >= 15 is 0 Å². The van der Waals surface area contributed by atoms with Crippen LogP contribution in [0, 0.1) is 30.9 Å². The normalized spacial score (nSPS) is 22.7. The number of ether oxygens (including phenoxy) is 1. The fraction of sp³-hybridized carbons (Fsp3) is 0.345. The number of hydrogen-bond donors (Lipinski definition) is 1. The second-order valence-corrected chi connectivity index (χ2v) is 9.97. The van der Waals surface area contributed by atoms with Gasteiger partial charge in [0.05, 0.1) is 12.5 Å². The molecule has 0 radical (unpaired) electrons. The Balaban J connectivity index is 1.84. The molecule has 1 saturated heterocycles. The highest BCUT2D eigenvalue weighted by molar-refractivity contribution is 5.90. The Hall–Kier alpha value is -3.05. The zero-order chi connectivity index (χ0) is 24.6. The van der Waals surface area contributed by atoms with E-state index in [9.17, 15) is 18.7 Å². The van der Waals surface area contributed by atoms with Crippen molar-refractivity contribution >= 4 is 17.1 Å². The molecule has 178 valence electrons. The van der Waals surface area contributed by atoms with Crippen molar-refractivity contribution in [2.45, 2.75) is 59.2 Å². The largest absolute Gasteiger partial charge is 0.458 e. The lowest BCUT2D eigenvalue weighted by Crippen LogP contribution is -2.31. The first-order chi connectivity index (χ1) is 16.0. The van der Waals surface area contributed by atoms with Crippen molar-refractivity contribution in [2.24, 2.45) is 5.41 Å². The van der Waals surface area contributed by atoms with Crippen LogP contribution in [0.4, 0.5) is 8.78 Å². The summed E-state index contributed by atoms with van der Waals surface area (Å²) in [5, 5.41) is 9.96. The molecule has 2 aromatic carbocycles. The van der Waals surface area contributed by atoms with Crippen molar-refractivity contribution in [1.82, 2.24) is 0 Å². The summed E-state index contributed by atoms with van der Waals surface area (Å²) in [5.41, 5.74) is 5.70. The van der Waals surface area contributed by atoms with E-state index in [1.54, 1.807) is 26.0 Å². The summed E-state index contributed by atoms with van der Waals surface area (Å²) in [6, 6.07) is 10.2. The third kappa shape index (κ3) is 5.05. The number of halogens is 2. The van der Waals surface area contributed by atoms with Gasteiger partial charge in [0.2, 0.25) is 0 Å². The minimum atomic E-state index is -0.711. The molecule has 1 fully saturated rings. The highest BCUT2D eigenvalue weighted by Gasteiger charge is 2.32. The Bertz CT molecular complexity index is 1220. The zero-order valence-corrected chi connectivity index (χ0v) is 20.0. The summed E-state index contributed by atoms with van der Waals surface area (Å²) in [5.74, 6) is -0.913. The molecule has 3 nitrogen and oxygen atoms in total. The second kappa shape index (κ2) is 9.30. The summed E-state index contributed by atoms with van der Waals surface area (Å²) >= 11 is 0. The van der Waals surface area contributed by atoms with E-state index < -0.39 is 18.2 Å². The lowest BCUT2D eigenvalue weighted by molar-refractivity contribution is -0.156. The van der Waals surface area contributed by atoms with E-state index in [1.165, 1.54) is 12.1 Å². The molecule has 1 N–H and O–H groups in total. The summed E-state index contributed by atoms with van der Waals surface area (Å²) in [6.45, 7) is 7.75. The molecular formula is C29H30F2O3. The van der Waals surface area contributed by atoms with Crippen molar-refractivity contribution in [2.75, 3.05) is 0 Å². The molecule has 5 heteroatoms. The monoisotopic (exact) mass is 464 g/mol. The number of aliphatic hydroxyl groups excluding tert-OH is 1. The van der Waals surface area contributed by atoms with Crippen molar-refractivity contribution in [3.63, 3.8) is 0 Å². The molecule has 0 spiro atoms. The van der Waals surface area contributed by atoms with Gasteiger partial charge in [-0.15, -0.1) is 0 Å². The quantitative estimate of drug-likeness (QED) is 0.528. The Morgan fingerprint density at radius 2 is 1.65 bits per heavy atom. The van der Waals surface area contributed by atoms with E-state index in [4.69, 9.17) is 4.74 Å². The molecule has 4 rings (SSSR count). The maximum Gasteiger partial charge on any atom is 0.309 e. The van der Waals surface area contributed by atoms with E-state index in [-0.39, 0.29) is 23.5 Å². The number of carbonyl (C=O) groups is 1. The van der Waals surface area contributed by atoms with Gasteiger partial charge < -0.3 is 9.84 Å². The van der Waals surface area contributed by atoms with Crippen molar-refractivity contribution < 1.29 is 23.4 Å². The van der Waals surface area contributed by atoms with Crippen LogP contribution in [0.2, 0.25) is 0 Å². The van der Waals surface area contributed by atoms with E-state index in [1.807, 2.05) is 24.3 Å². The predicted octanol–water partition coefficient (Wildman–Crippen LogP) is 6.47. The number of benzene rings is 2. The van der Waals surface area contributed by atoms with Crippen LogP contribution in [0.15, 0.2) is 60.2 Å². The van der Waals surface area contributed by atoms with Crippen LogP contribution < -0.4 is 0 Å². The number of allylic oxidation sites excluding steroid dienone is 5. The Morgan fingerprint density at radius 3 is 2.26 bits per heavy atom. The number of cyclic esters (lactones) is 1. The topological polar surface area (TPSA) is 46.5 Å². The Kier molecular flexibility index (Phi) is 6.59. The SMILES string of the molecule is Cc1cc(C2=CC(c3ccc(F)c(C)c3)=C(C=C[C@H]3C[C@H](O)CC(=O)O3)C(C)(C)C2)ccc1F. The van der Waals surface area contributed by atoms with Gasteiger partial charge in [-0.25, -0.2) is 8.78 Å². The van der Waals surface area contributed by atoms with Gasteiger partial charge in [-0.05, 0) is 95.0 Å². The fourth-order valence-electron chi connectivity index (χ4n) is 4.77. The molecule has 0 saturated carbocycles. The van der Waals surface area contributed by atoms with Crippen LogP contribution in [0.25, 0.3) is 11.1 Å². The molecule has 1 aliphatic heterocycles. The molecule has 2 aromatic rings. The van der Waals surface area contributed by atoms with Crippen molar-refractivity contribution in [1.29, 1.82) is 0 Å². The standard InChI is InChI=1S/C29H30F2O3/c1-17-11-19(5-9-26(17)30)21-13-24(20-6-10-27(31)18(2)12-20)25(29(3,4)16-21)8-7-23-14-22(32)15-28(33)34-23/h5-13,22-23,32H,14-16H2,1-4H3/t22-,23-/m0/s1. The Labute approximate surface area is 199 Å². The van der Waals surface area contributed by atoms with Gasteiger partial charge in [0.1, 0.15) is 17.7 Å². The minimum absolute atomic E-state index is 0.0157. The third-order valence-electron chi connectivity index (χ3n) is 6.63. The maximum absolute atomic E-state index is 14.1. The van der Waals surface area contributed by atoms with Crippen LogP contribution in [0.5, 0.6) is 0 Å². The zero-order valence-electron chi connectivity index (χ0n) is 20.0. The van der Waals surface area contributed by atoms with E-state index in [0.717, 1.165) is 27.8 Å². The molecule has 0 unspecified atom stereocenters. The summed E-state index contributed by atoms with van der Waals surface area (Å²) in [6.07, 6.45) is 5.76. The molecule has 2 atom stereocenters. The van der Waals surface area contributed by atoms with Gasteiger partial charge in [0, 0.05) is 6.42 Å². The van der Waals surface area contributed by atoms with Gasteiger partial charge in [-0.2, -0.15) is 0 Å². The molecule has 0 aromatic heterocycles. The number of carbonyl (C=O) groups excluding carboxylic acids is 1. The Morgan fingerprint density at radius 1 is 1.03 bits per heavy atom. The van der Waals surface area contributed by atoms with Crippen molar-refractivity contribution in [3.8, 4) is 0 Å². The highest BCUT2D eigenvalue weighted by atomic mass is 19.1. The van der Waals surface area contributed by atoms with E-state index in [2.05, 4.69) is 19.9 Å². The molecule has 34 heavy (non-hydrogen) atoms. The molecule has 2 aliphatic rings. The highest BCUT2D eigenvalue weighted by Crippen LogP contribution is 2.47. The maximum atomic E-state index is 14.1. The van der Waals surface area contributed by atoms with Gasteiger partial charge in [0.15, 0.2) is 0 Å². The lowest BCUT2D eigenvalue weighted by atomic mass is 9.70. The first-order valence-electron chi connectivity index (χ1n) is 11.6. The third-order valence-corrected chi connectivity index (χ3v) is 6.63. The molecule has 0 amide bonds. The first-order valence-corrected chi connectivity index (χ1v) is 11.6. The molecule has 1 aliphatic carbocycles. The first kappa shape index (κ1) is 24.1. The second-order valence-electron chi connectivity index (χ2n) is 9.97. The average molecular weight is 465 g/mol. The smallest absolute Gasteiger partial charge is 0.309 e. The summed E-state index contributed by atoms with van der Waals surface area (Å²) in [4.78, 5) is 11.8. The number of aryl methyl sites for hydroxylation is 2.